The molecule has 0 spiro atoms. The Kier molecular flexibility index (Phi) is 3.30. The van der Waals surface area contributed by atoms with E-state index < -0.39 is 15.8 Å². The molecule has 7 heteroatoms. The molecule has 0 fully saturated rings. The molecular weight excluding hydrogens is 268 g/mol. The van der Waals surface area contributed by atoms with Crippen molar-refractivity contribution in [3.63, 3.8) is 0 Å². The molecule has 0 radical (unpaired) electrons. The van der Waals surface area contributed by atoms with Crippen LogP contribution in [0.5, 0.6) is 0 Å². The summed E-state index contributed by atoms with van der Waals surface area (Å²) >= 11 is 0. The Morgan fingerprint density at radius 1 is 1.26 bits per heavy atom. The van der Waals surface area contributed by atoms with Crippen LogP contribution in [0.15, 0.2) is 41.4 Å². The number of benzene rings is 1. The van der Waals surface area contributed by atoms with Crippen molar-refractivity contribution in [3.05, 3.63) is 42.2 Å². The van der Waals surface area contributed by atoms with Gasteiger partial charge < -0.3 is 5.11 Å². The van der Waals surface area contributed by atoms with E-state index in [1.165, 1.54) is 24.4 Å². The monoisotopic (exact) mass is 278 g/mol. The molecule has 2 rings (SSSR count). The maximum atomic E-state index is 11.5. The first-order chi connectivity index (χ1) is 8.88. The predicted molar refractivity (Wildman–Crippen MR) is 67.5 cm³/mol. The van der Waals surface area contributed by atoms with E-state index in [4.69, 9.17) is 5.11 Å². The van der Waals surface area contributed by atoms with Gasteiger partial charge in [-0.05, 0) is 18.2 Å². The second-order valence-electron chi connectivity index (χ2n) is 3.87. The standard InChI is InChI=1S/C12H10N2O4S/c1-19(17,18)9-4-2-3-8(7-9)11-13-6-5-10(14-11)12(15)16/h2-7H,1H3,(H,15,16). The number of carbonyl (C=O) groups is 1. The fourth-order valence-electron chi connectivity index (χ4n) is 1.48. The smallest absolute Gasteiger partial charge is 0.354 e. The van der Waals surface area contributed by atoms with Crippen LogP contribution in [0.4, 0.5) is 0 Å². The Morgan fingerprint density at radius 3 is 2.63 bits per heavy atom. The van der Waals surface area contributed by atoms with E-state index in [0.29, 0.717) is 5.56 Å². The summed E-state index contributed by atoms with van der Waals surface area (Å²) in [6.45, 7) is 0. The van der Waals surface area contributed by atoms with Crippen LogP contribution in [0.25, 0.3) is 11.4 Å². The van der Waals surface area contributed by atoms with Gasteiger partial charge in [-0.1, -0.05) is 12.1 Å². The lowest BCUT2D eigenvalue weighted by atomic mass is 10.2. The number of aromatic carboxylic acids is 1. The lowest BCUT2D eigenvalue weighted by Crippen LogP contribution is -2.03. The number of aromatic nitrogens is 2. The molecular formula is C12H10N2O4S. The van der Waals surface area contributed by atoms with Crippen LogP contribution >= 0.6 is 0 Å². The molecule has 0 unspecified atom stereocenters. The zero-order chi connectivity index (χ0) is 14.0. The van der Waals surface area contributed by atoms with Gasteiger partial charge in [0.15, 0.2) is 21.4 Å². The lowest BCUT2D eigenvalue weighted by molar-refractivity contribution is 0.0690. The van der Waals surface area contributed by atoms with Crippen molar-refractivity contribution in [1.29, 1.82) is 0 Å². The molecule has 0 aliphatic heterocycles. The van der Waals surface area contributed by atoms with E-state index in [1.54, 1.807) is 12.1 Å². The third-order valence-corrected chi connectivity index (χ3v) is 3.51. The first kappa shape index (κ1) is 13.2. The van der Waals surface area contributed by atoms with Gasteiger partial charge in [0.05, 0.1) is 4.90 Å². The summed E-state index contributed by atoms with van der Waals surface area (Å²) in [7, 11) is -3.33. The lowest BCUT2D eigenvalue weighted by Gasteiger charge is -2.03. The Balaban J connectivity index is 2.54. The van der Waals surface area contributed by atoms with Crippen molar-refractivity contribution in [2.45, 2.75) is 4.90 Å². The molecule has 0 bridgehead atoms. The molecule has 1 aromatic heterocycles. The van der Waals surface area contributed by atoms with Crippen LogP contribution in [0.1, 0.15) is 10.5 Å². The van der Waals surface area contributed by atoms with Gasteiger partial charge in [0.2, 0.25) is 0 Å². The molecule has 0 amide bonds. The zero-order valence-corrected chi connectivity index (χ0v) is 10.8. The van der Waals surface area contributed by atoms with Crippen molar-refractivity contribution in [2.24, 2.45) is 0 Å². The molecule has 0 aliphatic rings. The highest BCUT2D eigenvalue weighted by Gasteiger charge is 2.11. The van der Waals surface area contributed by atoms with E-state index in [9.17, 15) is 13.2 Å². The highest BCUT2D eigenvalue weighted by atomic mass is 32.2. The van der Waals surface area contributed by atoms with Crippen molar-refractivity contribution < 1.29 is 18.3 Å². The second kappa shape index (κ2) is 4.77. The molecule has 0 aliphatic carbocycles. The number of hydrogen-bond donors (Lipinski definition) is 1. The van der Waals surface area contributed by atoms with Gasteiger partial charge in [-0.3, -0.25) is 0 Å². The first-order valence-electron chi connectivity index (χ1n) is 5.25. The van der Waals surface area contributed by atoms with Crippen LogP contribution in [0.3, 0.4) is 0 Å². The van der Waals surface area contributed by atoms with Crippen LogP contribution < -0.4 is 0 Å². The highest BCUT2D eigenvalue weighted by molar-refractivity contribution is 7.90. The van der Waals surface area contributed by atoms with Crippen molar-refractivity contribution in [1.82, 2.24) is 9.97 Å². The molecule has 0 saturated heterocycles. The minimum absolute atomic E-state index is 0.134. The van der Waals surface area contributed by atoms with Crippen LogP contribution in [-0.4, -0.2) is 35.7 Å². The molecule has 6 nitrogen and oxygen atoms in total. The molecule has 98 valence electrons. The number of carboxylic acid groups (broad SMARTS) is 1. The minimum atomic E-state index is -3.33. The predicted octanol–water partition coefficient (Wildman–Crippen LogP) is 1.25. The average Bonchev–Trinajstić information content (AvgIpc) is 2.38. The fourth-order valence-corrected chi connectivity index (χ4v) is 2.15. The second-order valence-corrected chi connectivity index (χ2v) is 5.89. The van der Waals surface area contributed by atoms with E-state index in [1.807, 2.05) is 0 Å². The average molecular weight is 278 g/mol. The van der Waals surface area contributed by atoms with Gasteiger partial charge >= 0.3 is 5.97 Å². The van der Waals surface area contributed by atoms with Crippen LogP contribution in [-0.2, 0) is 9.84 Å². The third-order valence-electron chi connectivity index (χ3n) is 2.40. The number of nitrogens with zero attached hydrogens (tertiary/aromatic N) is 2. The topological polar surface area (TPSA) is 97.2 Å². The number of rotatable bonds is 3. The Bertz CT molecular complexity index is 741. The summed E-state index contributed by atoms with van der Waals surface area (Å²) in [4.78, 5) is 18.8. The number of hydrogen-bond acceptors (Lipinski definition) is 5. The maximum Gasteiger partial charge on any atom is 0.354 e. The maximum absolute atomic E-state index is 11.5. The molecule has 0 atom stereocenters. The highest BCUT2D eigenvalue weighted by Crippen LogP contribution is 2.19. The number of sulfone groups is 1. The van der Waals surface area contributed by atoms with Crippen molar-refractivity contribution >= 4 is 15.8 Å². The molecule has 1 aromatic carbocycles. The summed E-state index contributed by atoms with van der Waals surface area (Å²) in [5.41, 5.74) is 0.306. The largest absolute Gasteiger partial charge is 0.477 e. The molecule has 2 aromatic rings. The molecule has 19 heavy (non-hydrogen) atoms. The van der Waals surface area contributed by atoms with Gasteiger partial charge in [0.25, 0.3) is 0 Å². The Hall–Kier alpha value is -2.28. The van der Waals surface area contributed by atoms with Crippen molar-refractivity contribution in [2.75, 3.05) is 6.26 Å². The first-order valence-corrected chi connectivity index (χ1v) is 7.14. The van der Waals surface area contributed by atoms with E-state index in [-0.39, 0.29) is 16.4 Å². The summed E-state index contributed by atoms with van der Waals surface area (Å²) < 4.78 is 22.9. The van der Waals surface area contributed by atoms with E-state index in [0.717, 1.165) is 6.26 Å². The normalized spacial score (nSPS) is 11.2. The SMILES string of the molecule is CS(=O)(=O)c1cccc(-c2nccc(C(=O)O)n2)c1. The summed E-state index contributed by atoms with van der Waals surface area (Å²) in [5, 5.41) is 8.85. The molecule has 0 saturated carbocycles. The van der Waals surface area contributed by atoms with Crippen LogP contribution in [0, 0.1) is 0 Å². The summed E-state index contributed by atoms with van der Waals surface area (Å²) in [5.74, 6) is -0.992. The molecule has 1 N–H and O–H groups in total. The van der Waals surface area contributed by atoms with E-state index >= 15 is 0 Å². The summed E-state index contributed by atoms with van der Waals surface area (Å²) in [6.07, 6.45) is 2.42. The zero-order valence-electron chi connectivity index (χ0n) is 9.94. The van der Waals surface area contributed by atoms with Gasteiger partial charge in [0, 0.05) is 18.0 Å². The van der Waals surface area contributed by atoms with Gasteiger partial charge in [-0.2, -0.15) is 0 Å². The Morgan fingerprint density at radius 2 is 2.00 bits per heavy atom. The van der Waals surface area contributed by atoms with Crippen LogP contribution in [0.2, 0.25) is 0 Å². The molecule has 1 heterocycles. The van der Waals surface area contributed by atoms with Crippen molar-refractivity contribution in [3.8, 4) is 11.4 Å². The fraction of sp³-hybridized carbons (Fsp3) is 0.0833. The Labute approximate surface area is 109 Å². The van der Waals surface area contributed by atoms with Gasteiger partial charge in [-0.25, -0.2) is 23.2 Å². The quantitative estimate of drug-likeness (QED) is 0.907. The number of carboxylic acids is 1. The van der Waals surface area contributed by atoms with Gasteiger partial charge in [-0.15, -0.1) is 0 Å². The minimum Gasteiger partial charge on any atom is -0.477 e. The summed E-state index contributed by atoms with van der Waals surface area (Å²) in [6, 6.07) is 7.32. The van der Waals surface area contributed by atoms with E-state index in [2.05, 4.69) is 9.97 Å². The van der Waals surface area contributed by atoms with Gasteiger partial charge in [0.1, 0.15) is 0 Å². The third kappa shape index (κ3) is 2.94.